The van der Waals surface area contributed by atoms with E-state index < -0.39 is 10.0 Å². The summed E-state index contributed by atoms with van der Waals surface area (Å²) in [7, 11) is 8.80. The highest BCUT2D eigenvalue weighted by Crippen LogP contribution is 2.47. The first-order chi connectivity index (χ1) is 13.3. The minimum Gasteiger partial charge on any atom is -0.256 e. The summed E-state index contributed by atoms with van der Waals surface area (Å²) in [6, 6.07) is 11.4. The summed E-state index contributed by atoms with van der Waals surface area (Å²) in [4.78, 5) is 6.42. The van der Waals surface area contributed by atoms with Gasteiger partial charge < -0.3 is 0 Å². The van der Waals surface area contributed by atoms with Gasteiger partial charge in [0.2, 0.25) is 0 Å². The van der Waals surface area contributed by atoms with Crippen molar-refractivity contribution < 1.29 is 0 Å². The second-order valence-electron chi connectivity index (χ2n) is 12.7. The SMILES string of the molecule is BC(B)(c1cnc(-c2ccc(S(C)(C)C)cc2)cc1C(B)(B)C(C)(C)C)C(C)(C)C. The molecule has 0 spiro atoms. The van der Waals surface area contributed by atoms with Gasteiger partial charge in [0.25, 0.3) is 0 Å². The highest BCUT2D eigenvalue weighted by atomic mass is 32.3. The first kappa shape index (κ1) is 25.2. The molecule has 0 aliphatic heterocycles. The van der Waals surface area contributed by atoms with Crippen molar-refractivity contribution in [1.29, 1.82) is 0 Å². The molecule has 0 aliphatic carbocycles. The first-order valence-electron chi connectivity index (χ1n) is 11.1. The van der Waals surface area contributed by atoms with Gasteiger partial charge in [0.1, 0.15) is 31.4 Å². The van der Waals surface area contributed by atoms with Crippen LogP contribution in [-0.2, 0) is 10.4 Å². The van der Waals surface area contributed by atoms with Crippen LogP contribution >= 0.6 is 10.0 Å². The summed E-state index contributed by atoms with van der Waals surface area (Å²) in [5.41, 5.74) is 5.34. The number of rotatable bonds is 4. The molecule has 1 nitrogen and oxygen atoms in total. The predicted octanol–water partition coefficient (Wildman–Crippen LogP) is 2.73. The summed E-state index contributed by atoms with van der Waals surface area (Å²) >= 11 is 0. The molecule has 0 aliphatic rings. The molecule has 0 bridgehead atoms. The lowest BCUT2D eigenvalue weighted by molar-refractivity contribution is 0.335. The Bertz CT molecular complexity index is 899. The van der Waals surface area contributed by atoms with Crippen molar-refractivity contribution >= 4 is 41.4 Å². The van der Waals surface area contributed by atoms with Crippen LogP contribution in [0, 0.1) is 10.8 Å². The molecule has 160 valence electrons. The minimum absolute atomic E-state index is 0.00976. The molecule has 0 radical (unpaired) electrons. The van der Waals surface area contributed by atoms with Gasteiger partial charge in [-0.2, -0.15) is 0 Å². The molecule has 0 atom stereocenters. The van der Waals surface area contributed by atoms with Gasteiger partial charge in [-0.3, -0.25) is 4.98 Å². The fraction of sp³-hybridized carbons (Fsp3) is 0.542. The Hall–Kier alpha value is -1.02. The maximum Gasteiger partial charge on any atom is 0.105 e. The summed E-state index contributed by atoms with van der Waals surface area (Å²) in [5, 5.41) is 0.0217. The smallest absolute Gasteiger partial charge is 0.105 e. The second kappa shape index (κ2) is 7.84. The van der Waals surface area contributed by atoms with E-state index >= 15 is 0 Å². The van der Waals surface area contributed by atoms with Gasteiger partial charge in [-0.1, -0.05) is 69.7 Å². The number of hydrogen-bond acceptors (Lipinski definition) is 1. The second-order valence-corrected chi connectivity index (χ2v) is 16.9. The first-order valence-corrected chi connectivity index (χ1v) is 14.0. The van der Waals surface area contributed by atoms with Crippen molar-refractivity contribution in [2.75, 3.05) is 18.8 Å². The largest absolute Gasteiger partial charge is 0.256 e. The van der Waals surface area contributed by atoms with Crippen LogP contribution in [0.4, 0.5) is 0 Å². The van der Waals surface area contributed by atoms with Crippen molar-refractivity contribution in [2.24, 2.45) is 10.8 Å². The van der Waals surface area contributed by atoms with E-state index in [1.165, 1.54) is 21.6 Å². The lowest BCUT2D eigenvalue weighted by atomic mass is 9.35. The molecule has 0 saturated carbocycles. The summed E-state index contributed by atoms with van der Waals surface area (Å²) in [6.45, 7) is 14.1. The average Bonchev–Trinajstić information content (AvgIpc) is 2.58. The molecule has 30 heavy (non-hydrogen) atoms. The fourth-order valence-corrected chi connectivity index (χ4v) is 4.42. The third kappa shape index (κ3) is 4.74. The van der Waals surface area contributed by atoms with E-state index in [4.69, 9.17) is 4.98 Å². The van der Waals surface area contributed by atoms with Crippen LogP contribution in [0.1, 0.15) is 52.7 Å². The van der Waals surface area contributed by atoms with Crippen LogP contribution in [0.15, 0.2) is 41.4 Å². The van der Waals surface area contributed by atoms with E-state index in [1.807, 2.05) is 0 Å². The zero-order valence-corrected chi connectivity index (χ0v) is 22.6. The van der Waals surface area contributed by atoms with Gasteiger partial charge in [0.15, 0.2) is 0 Å². The Morgan fingerprint density at radius 1 is 0.700 bits per heavy atom. The van der Waals surface area contributed by atoms with Crippen molar-refractivity contribution in [3.63, 3.8) is 0 Å². The molecule has 1 aromatic heterocycles. The van der Waals surface area contributed by atoms with Crippen LogP contribution in [0.3, 0.4) is 0 Å². The van der Waals surface area contributed by atoms with E-state index in [9.17, 15) is 0 Å². The quantitative estimate of drug-likeness (QED) is 0.696. The monoisotopic (exact) mass is 419 g/mol. The molecule has 6 heteroatoms. The van der Waals surface area contributed by atoms with E-state index in [0.29, 0.717) is 0 Å². The number of aromatic nitrogens is 1. The van der Waals surface area contributed by atoms with Crippen molar-refractivity contribution in [3.05, 3.63) is 47.7 Å². The maximum atomic E-state index is 4.98. The molecule has 0 saturated heterocycles. The highest BCUT2D eigenvalue weighted by Gasteiger charge is 2.42. The van der Waals surface area contributed by atoms with E-state index in [1.54, 1.807) is 0 Å². The van der Waals surface area contributed by atoms with Gasteiger partial charge in [-0.25, -0.2) is 10.0 Å². The Morgan fingerprint density at radius 2 is 1.13 bits per heavy atom. The Balaban J connectivity index is 2.73. The van der Waals surface area contributed by atoms with Crippen LogP contribution in [0.2, 0.25) is 0 Å². The topological polar surface area (TPSA) is 12.9 Å². The van der Waals surface area contributed by atoms with Crippen LogP contribution < -0.4 is 0 Å². The van der Waals surface area contributed by atoms with E-state index in [0.717, 1.165) is 5.69 Å². The Kier molecular flexibility index (Phi) is 6.59. The molecular weight excluding hydrogens is 378 g/mol. The Labute approximate surface area is 191 Å². The van der Waals surface area contributed by atoms with Crippen LogP contribution in [-0.4, -0.2) is 55.1 Å². The van der Waals surface area contributed by atoms with E-state index in [-0.39, 0.29) is 21.3 Å². The molecule has 0 N–H and O–H groups in total. The third-order valence-electron chi connectivity index (χ3n) is 7.86. The number of pyridine rings is 1. The van der Waals surface area contributed by atoms with Crippen molar-refractivity contribution in [1.82, 2.24) is 4.98 Å². The normalized spacial score (nSPS) is 14.6. The van der Waals surface area contributed by atoms with Gasteiger partial charge in [0, 0.05) is 11.8 Å². The van der Waals surface area contributed by atoms with Crippen LogP contribution in [0.5, 0.6) is 0 Å². The van der Waals surface area contributed by atoms with Gasteiger partial charge >= 0.3 is 0 Å². The van der Waals surface area contributed by atoms with Crippen molar-refractivity contribution in [3.8, 4) is 11.3 Å². The van der Waals surface area contributed by atoms with Crippen molar-refractivity contribution in [2.45, 2.75) is 56.9 Å². The zero-order valence-electron chi connectivity index (χ0n) is 21.8. The standard InChI is InChI=1S/C24H41B4NS/c1-21(2,3)23(25,26)18-14-20(16-10-12-17(13-11-16)30(7,8)9)29-15-19(18)24(27,28)22(4,5)6/h10-15H,25-28H2,1-9H3. The third-order valence-corrected chi connectivity index (χ3v) is 9.54. The number of nitrogens with zero attached hydrogens (tertiary/aromatic N) is 1. The molecule has 0 unspecified atom stereocenters. The number of benzene rings is 1. The van der Waals surface area contributed by atoms with Gasteiger partial charge in [-0.05, 0) is 58.3 Å². The molecule has 0 fully saturated rings. The maximum absolute atomic E-state index is 4.98. The van der Waals surface area contributed by atoms with Gasteiger partial charge in [0.05, 0.1) is 5.69 Å². The molecule has 1 heterocycles. The molecule has 2 aromatic rings. The Morgan fingerprint density at radius 3 is 1.53 bits per heavy atom. The number of hydrogen-bond donors (Lipinski definition) is 0. The molecular formula is C24H41B4NS. The molecule has 1 aromatic carbocycles. The minimum atomic E-state index is -0.715. The zero-order chi connectivity index (χ0) is 23.3. The van der Waals surface area contributed by atoms with E-state index in [2.05, 4.69) is 128 Å². The summed E-state index contributed by atoms with van der Waals surface area (Å²) in [6.07, 6.45) is 9.18. The fourth-order valence-electron chi connectivity index (χ4n) is 3.47. The predicted molar refractivity (Wildman–Crippen MR) is 150 cm³/mol. The average molecular weight is 419 g/mol. The molecule has 0 amide bonds. The summed E-state index contributed by atoms with van der Waals surface area (Å²) in [5.74, 6) is 0. The van der Waals surface area contributed by atoms with Crippen LogP contribution in [0.25, 0.3) is 11.3 Å². The highest BCUT2D eigenvalue weighted by molar-refractivity contribution is 8.32. The van der Waals surface area contributed by atoms with Gasteiger partial charge in [-0.15, -0.1) is 0 Å². The lowest BCUT2D eigenvalue weighted by Gasteiger charge is -2.47. The molecule has 2 rings (SSSR count). The lowest BCUT2D eigenvalue weighted by Crippen LogP contribution is -2.47. The summed E-state index contributed by atoms with van der Waals surface area (Å²) < 4.78 is 0.